The van der Waals surface area contributed by atoms with E-state index in [-0.39, 0.29) is 12.4 Å². The normalized spacial score (nSPS) is 10.7. The lowest BCUT2D eigenvalue weighted by molar-refractivity contribution is -0.133. The Labute approximate surface area is 117 Å². The van der Waals surface area contributed by atoms with Gasteiger partial charge in [0.1, 0.15) is 5.75 Å². The highest BCUT2D eigenvalue weighted by Gasteiger charge is 2.12. The number of hydrogen-bond donors (Lipinski definition) is 1. The first-order valence-electron chi connectivity index (χ1n) is 6.56. The highest BCUT2D eigenvalue weighted by atomic mass is 16.5. The van der Waals surface area contributed by atoms with E-state index in [4.69, 9.17) is 4.74 Å². The second-order valence-electron chi connectivity index (χ2n) is 4.74. The van der Waals surface area contributed by atoms with Crippen LogP contribution in [0.2, 0.25) is 0 Å². The summed E-state index contributed by atoms with van der Waals surface area (Å²) < 4.78 is 5.31. The van der Waals surface area contributed by atoms with Crippen molar-refractivity contribution >= 4 is 16.9 Å². The van der Waals surface area contributed by atoms with Crippen LogP contribution in [0.15, 0.2) is 54.6 Å². The third kappa shape index (κ3) is 2.43. The predicted molar refractivity (Wildman–Crippen MR) is 78.8 cm³/mol. The van der Waals surface area contributed by atoms with E-state index in [1.807, 2.05) is 49.4 Å². The fraction of sp³-hybridized carbons (Fsp3) is 0.118. The van der Waals surface area contributed by atoms with Gasteiger partial charge < -0.3 is 9.72 Å². The summed E-state index contributed by atoms with van der Waals surface area (Å²) >= 11 is 0. The van der Waals surface area contributed by atoms with E-state index in [1.165, 1.54) is 0 Å². The molecule has 0 unspecified atom stereocenters. The lowest BCUT2D eigenvalue weighted by Crippen LogP contribution is -2.12. The number of fused-ring (bicyclic) bond motifs is 1. The molecule has 1 heterocycles. The Morgan fingerprint density at radius 3 is 2.50 bits per heavy atom. The summed E-state index contributed by atoms with van der Waals surface area (Å²) in [5.41, 5.74) is 3.06. The Kier molecular flexibility index (Phi) is 3.25. The van der Waals surface area contributed by atoms with E-state index < -0.39 is 0 Å². The number of carbonyl (C=O) groups excluding carboxylic acids is 1. The second-order valence-corrected chi connectivity index (χ2v) is 4.74. The van der Waals surface area contributed by atoms with Crippen LogP contribution in [0.1, 0.15) is 11.3 Å². The number of para-hydroxylation sites is 2. The van der Waals surface area contributed by atoms with E-state index in [1.54, 1.807) is 12.1 Å². The van der Waals surface area contributed by atoms with Gasteiger partial charge in [-0.1, -0.05) is 36.4 Å². The number of H-pyrrole nitrogens is 1. The van der Waals surface area contributed by atoms with Gasteiger partial charge in [0.05, 0.1) is 6.42 Å². The summed E-state index contributed by atoms with van der Waals surface area (Å²) in [6.07, 6.45) is 0.245. The van der Waals surface area contributed by atoms with Crippen molar-refractivity contribution in [1.29, 1.82) is 0 Å². The molecule has 3 nitrogen and oxygen atoms in total. The second kappa shape index (κ2) is 5.21. The number of rotatable bonds is 3. The maximum absolute atomic E-state index is 12.0. The number of hydrogen-bond acceptors (Lipinski definition) is 2. The average molecular weight is 265 g/mol. The molecule has 1 N–H and O–H groups in total. The molecule has 0 amide bonds. The maximum Gasteiger partial charge on any atom is 0.317 e. The summed E-state index contributed by atoms with van der Waals surface area (Å²) in [5, 5.41) is 1.15. The summed E-state index contributed by atoms with van der Waals surface area (Å²) in [6.45, 7) is 2.02. The number of nitrogens with one attached hydrogen (secondary N) is 1. The highest BCUT2D eigenvalue weighted by Crippen LogP contribution is 2.22. The van der Waals surface area contributed by atoms with Crippen LogP contribution in [0.5, 0.6) is 5.75 Å². The minimum absolute atomic E-state index is 0.245. The van der Waals surface area contributed by atoms with E-state index in [0.717, 1.165) is 22.2 Å². The Morgan fingerprint density at radius 2 is 1.75 bits per heavy atom. The van der Waals surface area contributed by atoms with Crippen molar-refractivity contribution in [2.45, 2.75) is 13.3 Å². The molecule has 1 aromatic heterocycles. The van der Waals surface area contributed by atoms with Crippen LogP contribution < -0.4 is 4.74 Å². The van der Waals surface area contributed by atoms with E-state index in [9.17, 15) is 4.79 Å². The molecule has 0 aliphatic heterocycles. The lowest BCUT2D eigenvalue weighted by Gasteiger charge is -2.03. The number of aromatic nitrogens is 1. The first-order valence-corrected chi connectivity index (χ1v) is 6.56. The molecule has 20 heavy (non-hydrogen) atoms. The molecule has 0 spiro atoms. The van der Waals surface area contributed by atoms with Gasteiger partial charge in [-0.2, -0.15) is 0 Å². The van der Waals surface area contributed by atoms with E-state index >= 15 is 0 Å². The molecule has 2 aromatic carbocycles. The van der Waals surface area contributed by atoms with Gasteiger partial charge in [0.25, 0.3) is 0 Å². The zero-order chi connectivity index (χ0) is 13.9. The zero-order valence-corrected chi connectivity index (χ0v) is 11.2. The summed E-state index contributed by atoms with van der Waals surface area (Å²) in [6, 6.07) is 17.2. The Hall–Kier alpha value is -2.55. The molecule has 0 radical (unpaired) electrons. The molecule has 0 atom stereocenters. The van der Waals surface area contributed by atoms with Crippen LogP contribution in [0.4, 0.5) is 0 Å². The van der Waals surface area contributed by atoms with Crippen molar-refractivity contribution in [3.8, 4) is 5.75 Å². The SMILES string of the molecule is Cc1c(CC(=O)Oc2ccccc2)[nH]c2ccccc12. The van der Waals surface area contributed by atoms with Crippen LogP contribution in [0.3, 0.4) is 0 Å². The van der Waals surface area contributed by atoms with Crippen LogP contribution in [0.25, 0.3) is 10.9 Å². The minimum atomic E-state index is -0.258. The van der Waals surface area contributed by atoms with Gasteiger partial charge in [0.15, 0.2) is 0 Å². The van der Waals surface area contributed by atoms with Gasteiger partial charge in [-0.15, -0.1) is 0 Å². The molecule has 3 aromatic rings. The van der Waals surface area contributed by atoms with Crippen LogP contribution >= 0.6 is 0 Å². The molecular formula is C17H15NO2. The third-order valence-electron chi connectivity index (χ3n) is 3.37. The number of benzene rings is 2. The predicted octanol–water partition coefficient (Wildman–Crippen LogP) is 3.62. The molecule has 3 heteroatoms. The molecule has 0 fully saturated rings. The Morgan fingerprint density at radius 1 is 1.05 bits per heavy atom. The Balaban J connectivity index is 1.79. The molecule has 0 saturated heterocycles. The standard InChI is InChI=1S/C17H15NO2/c1-12-14-9-5-6-10-15(14)18-16(12)11-17(19)20-13-7-3-2-4-8-13/h2-10,18H,11H2,1H3. The summed E-state index contributed by atoms with van der Waals surface area (Å²) in [5.74, 6) is 0.317. The largest absolute Gasteiger partial charge is 0.426 e. The molecule has 0 saturated carbocycles. The number of aromatic amines is 1. The fourth-order valence-corrected chi connectivity index (χ4v) is 2.32. The van der Waals surface area contributed by atoms with Crippen molar-refractivity contribution in [3.05, 3.63) is 65.9 Å². The van der Waals surface area contributed by atoms with Gasteiger partial charge in [0.2, 0.25) is 0 Å². The highest BCUT2D eigenvalue weighted by molar-refractivity contribution is 5.86. The molecule has 3 rings (SSSR count). The monoisotopic (exact) mass is 265 g/mol. The molecule has 0 bridgehead atoms. The van der Waals surface area contributed by atoms with Gasteiger partial charge in [-0.05, 0) is 30.7 Å². The van der Waals surface area contributed by atoms with Crippen molar-refractivity contribution in [1.82, 2.24) is 4.98 Å². The number of carbonyl (C=O) groups is 1. The molecule has 100 valence electrons. The van der Waals surface area contributed by atoms with Gasteiger partial charge in [-0.3, -0.25) is 4.79 Å². The van der Waals surface area contributed by atoms with Crippen molar-refractivity contribution in [3.63, 3.8) is 0 Å². The van der Waals surface area contributed by atoms with E-state index in [2.05, 4.69) is 4.98 Å². The van der Waals surface area contributed by atoms with Gasteiger partial charge >= 0.3 is 5.97 Å². The Bertz CT molecular complexity index is 744. The smallest absolute Gasteiger partial charge is 0.317 e. The quantitative estimate of drug-likeness (QED) is 0.580. The number of ether oxygens (including phenoxy) is 1. The average Bonchev–Trinajstić information content (AvgIpc) is 2.77. The minimum Gasteiger partial charge on any atom is -0.426 e. The third-order valence-corrected chi connectivity index (χ3v) is 3.37. The maximum atomic E-state index is 12.0. The van der Waals surface area contributed by atoms with Gasteiger partial charge in [-0.25, -0.2) is 0 Å². The number of esters is 1. The molecular weight excluding hydrogens is 250 g/mol. The molecule has 0 aliphatic carbocycles. The summed E-state index contributed by atoms with van der Waals surface area (Å²) in [4.78, 5) is 15.2. The van der Waals surface area contributed by atoms with Crippen LogP contribution in [-0.4, -0.2) is 11.0 Å². The first kappa shape index (κ1) is 12.5. The van der Waals surface area contributed by atoms with Crippen molar-refractivity contribution in [2.75, 3.05) is 0 Å². The topological polar surface area (TPSA) is 42.1 Å². The van der Waals surface area contributed by atoms with Crippen LogP contribution in [0, 0.1) is 6.92 Å². The van der Waals surface area contributed by atoms with Crippen molar-refractivity contribution < 1.29 is 9.53 Å². The summed E-state index contributed by atoms with van der Waals surface area (Å²) in [7, 11) is 0. The fourth-order valence-electron chi connectivity index (χ4n) is 2.32. The zero-order valence-electron chi connectivity index (χ0n) is 11.2. The molecule has 0 aliphatic rings. The number of aryl methyl sites for hydroxylation is 1. The van der Waals surface area contributed by atoms with E-state index in [0.29, 0.717) is 5.75 Å². The first-order chi connectivity index (χ1) is 9.74. The van der Waals surface area contributed by atoms with Gasteiger partial charge in [0, 0.05) is 16.6 Å². The van der Waals surface area contributed by atoms with Crippen LogP contribution in [-0.2, 0) is 11.2 Å². The van der Waals surface area contributed by atoms with Crippen molar-refractivity contribution in [2.24, 2.45) is 0 Å². The lowest BCUT2D eigenvalue weighted by atomic mass is 10.1.